The van der Waals surface area contributed by atoms with Crippen molar-refractivity contribution in [2.45, 2.75) is 17.4 Å². The molecule has 0 fully saturated rings. The molecule has 0 spiro atoms. The van der Waals surface area contributed by atoms with E-state index in [2.05, 4.69) is 0 Å². The first kappa shape index (κ1) is 22.6. The number of para-hydroxylation sites is 1. The Morgan fingerprint density at radius 1 is 1.03 bits per heavy atom. The molecule has 4 rings (SSSR count). The fourth-order valence-corrected chi connectivity index (χ4v) is 5.11. The number of fused-ring (bicyclic) bond motifs is 1. The summed E-state index contributed by atoms with van der Waals surface area (Å²) in [5, 5.41) is 11.1. The third kappa shape index (κ3) is 4.91. The van der Waals surface area contributed by atoms with Gasteiger partial charge in [0.15, 0.2) is 0 Å². The smallest absolute Gasteiger partial charge is 0.428 e. The van der Waals surface area contributed by atoms with Crippen LogP contribution in [-0.2, 0) is 21.2 Å². The summed E-state index contributed by atoms with van der Waals surface area (Å²) in [6.07, 6.45) is -1.57. The van der Waals surface area contributed by atoms with Gasteiger partial charge in [0.2, 0.25) is 0 Å². The Balaban J connectivity index is 1.54. The summed E-state index contributed by atoms with van der Waals surface area (Å²) in [7, 11) is -3.95. The van der Waals surface area contributed by atoms with Gasteiger partial charge < -0.3 is 9.47 Å². The summed E-state index contributed by atoms with van der Waals surface area (Å²) in [4.78, 5) is 22.5. The quantitative estimate of drug-likeness (QED) is 0.223. The van der Waals surface area contributed by atoms with E-state index in [1.807, 2.05) is 0 Å². The predicted octanol–water partition coefficient (Wildman–Crippen LogP) is 4.58. The highest BCUT2D eigenvalue weighted by Crippen LogP contribution is 2.33. The summed E-state index contributed by atoms with van der Waals surface area (Å²) >= 11 is 5.89. The number of nitro benzene ring substituents is 1. The van der Waals surface area contributed by atoms with Crippen LogP contribution in [0.1, 0.15) is 5.56 Å². The van der Waals surface area contributed by atoms with E-state index in [9.17, 15) is 23.3 Å². The molecule has 0 bridgehead atoms. The minimum Gasteiger partial charge on any atom is -0.428 e. The maximum Gasteiger partial charge on any atom is 0.514 e. The molecule has 0 saturated heterocycles. The largest absolute Gasteiger partial charge is 0.514 e. The van der Waals surface area contributed by atoms with E-state index in [1.165, 1.54) is 52.8 Å². The van der Waals surface area contributed by atoms with Crippen LogP contribution in [0.2, 0.25) is 5.02 Å². The molecule has 0 amide bonds. The van der Waals surface area contributed by atoms with Gasteiger partial charge in [0.05, 0.1) is 22.1 Å². The first-order chi connectivity index (χ1) is 15.7. The van der Waals surface area contributed by atoms with E-state index in [0.29, 0.717) is 16.3 Å². The van der Waals surface area contributed by atoms with Gasteiger partial charge in [-0.15, -0.1) is 0 Å². The molecule has 1 heterocycles. The van der Waals surface area contributed by atoms with Crippen LogP contribution < -0.4 is 9.04 Å². The van der Waals surface area contributed by atoms with Crippen LogP contribution in [0.3, 0.4) is 0 Å². The Bertz CT molecular complexity index is 1300. The van der Waals surface area contributed by atoms with Gasteiger partial charge in [-0.05, 0) is 48.0 Å². The molecule has 0 aliphatic carbocycles. The average molecular weight is 489 g/mol. The van der Waals surface area contributed by atoms with Gasteiger partial charge in [-0.2, -0.15) is 0 Å². The van der Waals surface area contributed by atoms with Crippen molar-refractivity contribution in [1.29, 1.82) is 0 Å². The third-order valence-corrected chi connectivity index (χ3v) is 7.04. The van der Waals surface area contributed by atoms with Gasteiger partial charge in [0.25, 0.3) is 15.7 Å². The molecule has 11 heteroatoms. The molecule has 0 N–H and O–H groups in total. The number of ether oxygens (including phenoxy) is 2. The van der Waals surface area contributed by atoms with Crippen LogP contribution in [0.25, 0.3) is 0 Å². The van der Waals surface area contributed by atoms with Gasteiger partial charge in [-0.1, -0.05) is 29.8 Å². The minimum atomic E-state index is -3.95. The van der Waals surface area contributed by atoms with E-state index in [-0.39, 0.29) is 29.3 Å². The lowest BCUT2D eigenvalue weighted by molar-refractivity contribution is -0.384. The molecule has 3 aromatic rings. The van der Waals surface area contributed by atoms with Crippen LogP contribution in [0, 0.1) is 10.1 Å². The van der Waals surface area contributed by atoms with Crippen LogP contribution in [-0.4, -0.2) is 32.1 Å². The number of carbonyl (C=O) groups is 1. The van der Waals surface area contributed by atoms with Crippen LogP contribution in [0.15, 0.2) is 77.7 Å². The molecule has 170 valence electrons. The van der Waals surface area contributed by atoms with Crippen molar-refractivity contribution in [3.8, 4) is 5.75 Å². The zero-order valence-electron chi connectivity index (χ0n) is 17.0. The molecule has 1 aliphatic heterocycles. The van der Waals surface area contributed by atoms with Crippen molar-refractivity contribution < 1.29 is 27.6 Å². The molecule has 9 nitrogen and oxygen atoms in total. The number of carbonyl (C=O) groups excluding carboxylic acids is 1. The maximum absolute atomic E-state index is 13.3. The zero-order chi connectivity index (χ0) is 23.6. The Kier molecular flexibility index (Phi) is 6.21. The first-order valence-corrected chi connectivity index (χ1v) is 11.5. The van der Waals surface area contributed by atoms with Crippen molar-refractivity contribution in [3.63, 3.8) is 0 Å². The Hall–Kier alpha value is -3.63. The summed E-state index contributed by atoms with van der Waals surface area (Å²) < 4.78 is 38.3. The lowest BCUT2D eigenvalue weighted by atomic mass is 10.0. The minimum absolute atomic E-state index is 0.0517. The van der Waals surface area contributed by atoms with E-state index in [0.717, 1.165) is 0 Å². The molecule has 0 aromatic heterocycles. The van der Waals surface area contributed by atoms with Crippen molar-refractivity contribution in [2.24, 2.45) is 0 Å². The van der Waals surface area contributed by atoms with Gasteiger partial charge in [-0.25, -0.2) is 13.2 Å². The van der Waals surface area contributed by atoms with Crippen LogP contribution in [0.4, 0.5) is 16.2 Å². The van der Waals surface area contributed by atoms with Gasteiger partial charge in [0.1, 0.15) is 11.9 Å². The second kappa shape index (κ2) is 9.08. The SMILES string of the molecule is O=C(Oc1ccc([N+](=O)[O-])cc1)OC1Cc2ccccc2N(S(=O)(=O)c2ccc(Cl)cc2)C1. The normalized spacial score (nSPS) is 15.4. The van der Waals surface area contributed by atoms with Gasteiger partial charge in [-0.3, -0.25) is 14.4 Å². The third-order valence-electron chi connectivity index (χ3n) is 4.99. The summed E-state index contributed by atoms with van der Waals surface area (Å²) in [6, 6.07) is 17.7. The molecule has 0 saturated carbocycles. The van der Waals surface area contributed by atoms with Gasteiger partial charge in [0, 0.05) is 23.6 Å². The number of halogens is 1. The van der Waals surface area contributed by atoms with Crippen LogP contribution in [0.5, 0.6) is 5.75 Å². The van der Waals surface area contributed by atoms with Gasteiger partial charge >= 0.3 is 6.16 Å². The number of sulfonamides is 1. The van der Waals surface area contributed by atoms with Crippen LogP contribution >= 0.6 is 11.6 Å². The highest BCUT2D eigenvalue weighted by molar-refractivity contribution is 7.92. The zero-order valence-corrected chi connectivity index (χ0v) is 18.5. The molecule has 1 aliphatic rings. The number of nitrogens with zero attached hydrogens (tertiary/aromatic N) is 2. The number of hydrogen-bond acceptors (Lipinski definition) is 7. The number of nitro groups is 1. The molecular formula is C22H17ClN2O7S. The maximum atomic E-state index is 13.3. The molecule has 3 aromatic carbocycles. The Labute approximate surface area is 194 Å². The fourth-order valence-electron chi connectivity index (χ4n) is 3.45. The lowest BCUT2D eigenvalue weighted by Crippen LogP contribution is -2.44. The van der Waals surface area contributed by atoms with E-state index < -0.39 is 27.2 Å². The number of anilines is 1. The van der Waals surface area contributed by atoms with Crippen molar-refractivity contribution in [3.05, 3.63) is 93.5 Å². The van der Waals surface area contributed by atoms with Crippen molar-refractivity contribution in [2.75, 3.05) is 10.8 Å². The number of benzene rings is 3. The number of hydrogen-bond donors (Lipinski definition) is 0. The highest BCUT2D eigenvalue weighted by Gasteiger charge is 2.35. The topological polar surface area (TPSA) is 116 Å². The molecule has 33 heavy (non-hydrogen) atoms. The molecule has 1 unspecified atom stereocenters. The van der Waals surface area contributed by atoms with Crippen molar-refractivity contribution in [1.82, 2.24) is 0 Å². The monoisotopic (exact) mass is 488 g/mol. The second-order valence-corrected chi connectivity index (χ2v) is 9.46. The van der Waals surface area contributed by atoms with E-state index >= 15 is 0 Å². The predicted molar refractivity (Wildman–Crippen MR) is 120 cm³/mol. The fraction of sp³-hybridized carbons (Fsp3) is 0.136. The Morgan fingerprint density at radius 2 is 1.70 bits per heavy atom. The summed E-state index contributed by atoms with van der Waals surface area (Å²) in [5.41, 5.74) is 1.04. The molecule has 0 radical (unpaired) electrons. The van der Waals surface area contributed by atoms with E-state index in [4.69, 9.17) is 21.1 Å². The second-order valence-electron chi connectivity index (χ2n) is 7.17. The lowest BCUT2D eigenvalue weighted by Gasteiger charge is -2.34. The molecular weight excluding hydrogens is 472 g/mol. The van der Waals surface area contributed by atoms with Crippen molar-refractivity contribution >= 4 is 39.2 Å². The average Bonchev–Trinajstić information content (AvgIpc) is 2.79. The Morgan fingerprint density at radius 3 is 2.36 bits per heavy atom. The van der Waals surface area contributed by atoms with E-state index in [1.54, 1.807) is 24.3 Å². The number of rotatable bonds is 5. The summed E-state index contributed by atoms with van der Waals surface area (Å²) in [6.45, 7) is -0.114. The molecule has 1 atom stereocenters. The first-order valence-electron chi connectivity index (χ1n) is 9.73. The highest BCUT2D eigenvalue weighted by atomic mass is 35.5. The summed E-state index contributed by atoms with van der Waals surface area (Å²) in [5.74, 6) is 0.0625. The standard InChI is InChI=1S/C22H17ClN2O7S/c23-16-5-11-20(12-6-16)33(29,30)24-14-19(13-15-3-1-2-4-21(15)24)32-22(26)31-18-9-7-17(8-10-18)25(27)28/h1-12,19H,13-14H2. The number of non-ortho nitro benzene ring substituents is 1.